The molecule has 7 N–H and O–H groups in total. The molecule has 0 bridgehead atoms. The minimum Gasteiger partial charge on any atom is -1.00 e. The first-order valence-electron chi connectivity index (χ1n) is 24.0. The average molecular weight is 1350 g/mol. The van der Waals surface area contributed by atoms with E-state index in [9.17, 15) is 78.3 Å². The van der Waals surface area contributed by atoms with Crippen molar-refractivity contribution in [2.75, 3.05) is 13.1 Å². The molecule has 0 aliphatic carbocycles. The molecule has 0 aliphatic rings. The van der Waals surface area contributed by atoms with Crippen molar-refractivity contribution in [1.29, 1.82) is 0 Å². The smallest absolute Gasteiger partial charge is 0.504 e. The molecular formula is C53H61Br2ClF8N2O17. The highest BCUT2D eigenvalue weighted by atomic mass is 79.9. The number of aliphatic carboxylic acids is 2. The fourth-order valence-corrected chi connectivity index (χ4v) is 4.92. The van der Waals surface area contributed by atoms with E-state index >= 15 is 0 Å². The van der Waals surface area contributed by atoms with Crippen LogP contribution >= 0.6 is 31.9 Å². The largest absolute Gasteiger partial charge is 1.00 e. The summed E-state index contributed by atoms with van der Waals surface area (Å²) >= 11 is 3.52. The van der Waals surface area contributed by atoms with Crippen molar-refractivity contribution in [3.63, 3.8) is 0 Å². The van der Waals surface area contributed by atoms with E-state index in [0.717, 1.165) is 11.1 Å². The molecule has 462 valence electrons. The van der Waals surface area contributed by atoms with Gasteiger partial charge in [-0.1, -0.05) is 161 Å². The standard InChI is InChI=1S/C22H21F2NO7.C9H7BrF2O2.C7H9F2NO5.C7H8O.C6H14.C2HBrF2O2.ClH/c23-22(24,20(28)30-14-16-7-3-1-4-8-16)32-19(27)12-11-18(26)13-25-21(29)31-15-17-9-5-2-6-10-17;10-9(11,12)8(13)14-6-7-4-2-1-3-5-7;8-7(9,6(13)14)15-5(12)2-1-4(11)3-10;8-6-7-4-2-1-3-5-7;1-3-5-6-4-2;3-2(4,5)1(6)7;/h1-10H,11-15H2,(H,25,29);1-5H,6H2;1-3,10H2,(H,13,14);1-5,8H,6H2;3-6H2,1-2H3;(H,6,7);1H. The number of rotatable bonds is 25. The Labute approximate surface area is 494 Å². The summed E-state index contributed by atoms with van der Waals surface area (Å²) in [6.45, 7) is 3.51. The maximum absolute atomic E-state index is 13.7. The van der Waals surface area contributed by atoms with E-state index in [2.05, 4.69) is 43.8 Å². The zero-order valence-electron chi connectivity index (χ0n) is 44.4. The molecule has 19 nitrogen and oxygen atoms in total. The number of hydrogen-bond donors (Lipinski definition) is 5. The van der Waals surface area contributed by atoms with Crippen molar-refractivity contribution < 1.29 is 135 Å². The van der Waals surface area contributed by atoms with Gasteiger partial charge >= 0.3 is 63.8 Å². The van der Waals surface area contributed by atoms with Gasteiger partial charge in [0.1, 0.15) is 26.4 Å². The summed E-state index contributed by atoms with van der Waals surface area (Å²) in [6, 6.07) is 35.1. The second-order valence-electron chi connectivity index (χ2n) is 15.8. The van der Waals surface area contributed by atoms with Gasteiger partial charge < -0.3 is 62.5 Å². The fourth-order valence-electron chi connectivity index (χ4n) is 4.81. The topological polar surface area (TPSA) is 300 Å². The molecule has 4 aromatic rings. The molecule has 0 radical (unpaired) electrons. The number of halogens is 11. The van der Waals surface area contributed by atoms with Crippen molar-refractivity contribution in [2.45, 2.75) is 114 Å². The van der Waals surface area contributed by atoms with Crippen LogP contribution in [0.15, 0.2) is 121 Å². The molecule has 83 heavy (non-hydrogen) atoms. The number of ether oxygens (including phenoxy) is 5. The van der Waals surface area contributed by atoms with Crippen molar-refractivity contribution in [3.05, 3.63) is 144 Å². The third-order valence-electron chi connectivity index (χ3n) is 8.99. The summed E-state index contributed by atoms with van der Waals surface area (Å²) in [5.41, 5.74) is 6.08. The van der Waals surface area contributed by atoms with E-state index in [0.29, 0.717) is 11.1 Å². The van der Waals surface area contributed by atoms with Gasteiger partial charge in [0, 0.05) is 44.7 Å². The highest BCUT2D eigenvalue weighted by molar-refractivity contribution is 9.10. The predicted octanol–water partition coefficient (Wildman–Crippen LogP) is 6.49. The molecule has 0 aliphatic heterocycles. The normalized spacial score (nSPS) is 10.4. The Balaban J connectivity index is -0.00000105. The minimum absolute atomic E-state index is 0. The molecule has 4 aromatic carbocycles. The first kappa shape index (κ1) is 80.1. The van der Waals surface area contributed by atoms with E-state index in [4.69, 9.17) is 20.1 Å². The number of ketones is 2. The summed E-state index contributed by atoms with van der Waals surface area (Å²) < 4.78 is 120. The summed E-state index contributed by atoms with van der Waals surface area (Å²) in [6.07, 6.45) is -6.42. The van der Waals surface area contributed by atoms with E-state index in [1.807, 2.05) is 46.3 Å². The molecule has 0 spiro atoms. The number of aliphatic hydroxyl groups excluding tert-OH is 1. The Morgan fingerprint density at radius 1 is 0.494 bits per heavy atom. The number of aliphatic hydroxyl groups is 1. The van der Waals surface area contributed by atoms with Gasteiger partial charge in [-0.2, -0.15) is 35.1 Å². The van der Waals surface area contributed by atoms with Crippen LogP contribution in [0.2, 0.25) is 0 Å². The lowest BCUT2D eigenvalue weighted by atomic mass is 10.2. The molecule has 0 heterocycles. The average Bonchev–Trinajstić information content (AvgIpc) is 3.45. The van der Waals surface area contributed by atoms with Gasteiger partial charge in [0.2, 0.25) is 0 Å². The lowest BCUT2D eigenvalue weighted by Crippen LogP contribution is -3.00. The van der Waals surface area contributed by atoms with Gasteiger partial charge in [-0.3, -0.25) is 19.2 Å². The highest BCUT2D eigenvalue weighted by Gasteiger charge is 2.46. The maximum atomic E-state index is 13.7. The summed E-state index contributed by atoms with van der Waals surface area (Å²) in [5, 5.41) is 26.1. The molecular weight excluding hydrogens is 1280 g/mol. The van der Waals surface area contributed by atoms with Crippen LogP contribution in [0.4, 0.5) is 39.9 Å². The first-order valence-corrected chi connectivity index (χ1v) is 25.6. The van der Waals surface area contributed by atoms with Gasteiger partial charge in [0.15, 0.2) is 11.6 Å². The van der Waals surface area contributed by atoms with Crippen LogP contribution in [0.25, 0.3) is 0 Å². The molecule has 0 atom stereocenters. The highest BCUT2D eigenvalue weighted by Crippen LogP contribution is 2.24. The number of amides is 1. The monoisotopic (exact) mass is 1340 g/mol. The lowest BCUT2D eigenvalue weighted by molar-refractivity contribution is -0.354. The number of quaternary nitrogens is 1. The van der Waals surface area contributed by atoms with Crippen LogP contribution in [0.5, 0.6) is 0 Å². The van der Waals surface area contributed by atoms with Crippen molar-refractivity contribution in [2.24, 2.45) is 0 Å². The van der Waals surface area contributed by atoms with E-state index in [1.165, 1.54) is 25.7 Å². The minimum atomic E-state index is -4.55. The number of carboxylic acids is 2. The van der Waals surface area contributed by atoms with Gasteiger partial charge in [0.05, 0.1) is 26.0 Å². The number of alkyl carbamates (subject to hydrolysis) is 1. The van der Waals surface area contributed by atoms with Gasteiger partial charge in [-0.25, -0.2) is 24.0 Å². The number of carbonyl (C=O) groups is 9. The van der Waals surface area contributed by atoms with Crippen LogP contribution in [0.1, 0.15) is 87.5 Å². The number of nitrogens with one attached hydrogen (secondary N) is 1. The van der Waals surface area contributed by atoms with Gasteiger partial charge in [0.25, 0.3) is 0 Å². The van der Waals surface area contributed by atoms with Crippen molar-refractivity contribution in [3.8, 4) is 0 Å². The van der Waals surface area contributed by atoms with Gasteiger partial charge in [-0.15, -0.1) is 0 Å². The van der Waals surface area contributed by atoms with Crippen LogP contribution < -0.4 is 23.5 Å². The molecule has 30 heteroatoms. The van der Waals surface area contributed by atoms with E-state index < -0.39 is 108 Å². The molecule has 0 unspecified atom stereocenters. The molecule has 1 amide bonds. The number of benzene rings is 4. The Bertz CT molecular complexity index is 2520. The summed E-state index contributed by atoms with van der Waals surface area (Å²) in [5.74, 6) is -12.3. The van der Waals surface area contributed by atoms with Gasteiger partial charge in [-0.05, 0) is 22.3 Å². The molecule has 0 fully saturated rings. The zero-order chi connectivity index (χ0) is 62.8. The van der Waals surface area contributed by atoms with E-state index in [-0.39, 0.29) is 45.2 Å². The Hall–Kier alpha value is -7.08. The van der Waals surface area contributed by atoms with Crippen molar-refractivity contribution >= 4 is 85.3 Å². The Morgan fingerprint density at radius 2 is 0.831 bits per heavy atom. The first-order chi connectivity index (χ1) is 38.3. The van der Waals surface area contributed by atoms with Crippen LogP contribution in [0.3, 0.4) is 0 Å². The molecule has 0 saturated heterocycles. The molecule has 0 aromatic heterocycles. The van der Waals surface area contributed by atoms with Crippen LogP contribution in [-0.4, -0.2) is 104 Å². The molecule has 4 rings (SSSR count). The second-order valence-corrected chi connectivity index (χ2v) is 17.8. The Kier molecular flexibility index (Phi) is 43.0. The second kappa shape index (κ2) is 44.5. The zero-order valence-corrected chi connectivity index (χ0v) is 48.3. The predicted molar refractivity (Wildman–Crippen MR) is 281 cm³/mol. The number of carbonyl (C=O) groups excluding carboxylic acids is 7. The number of carboxylic acid groups (broad SMARTS) is 2. The fraction of sp³-hybridized carbons (Fsp3) is 0.377. The quantitative estimate of drug-likeness (QED) is 0.0156. The molecule has 0 saturated carbocycles. The number of Topliss-reactive ketones (excluding diaryl/α,β-unsaturated/α-hetero) is 2. The van der Waals surface area contributed by atoms with Crippen molar-refractivity contribution in [1.82, 2.24) is 5.32 Å². The summed E-state index contributed by atoms with van der Waals surface area (Å²) in [7, 11) is 0. The van der Waals surface area contributed by atoms with Crippen LogP contribution in [0, 0.1) is 0 Å². The third-order valence-corrected chi connectivity index (χ3v) is 9.65. The SMILES string of the molecule is CCCCCC.O=C(CCC(=O)OC(F)(F)C(=O)OCc1ccccc1)CNC(=O)OCc1ccccc1.O=C(O)C(F)(F)Br.O=C(OCc1ccccc1)C(F)(F)Br.OCc1ccccc1.[Cl-].[NH3+]CC(=O)CCC(=O)OC(F)(F)C(=O)O. The van der Waals surface area contributed by atoms with E-state index in [1.54, 1.807) is 107 Å². The number of hydrogen-bond acceptors (Lipinski definition) is 15. The number of unbranched alkanes of at least 4 members (excludes halogenated alkanes) is 3. The third kappa shape index (κ3) is 43.3. The number of esters is 4. The maximum Gasteiger partial charge on any atom is 0.504 e. The number of alkyl halides is 10. The Morgan fingerprint density at radius 3 is 1.14 bits per heavy atom. The van der Waals surface area contributed by atoms with Crippen LogP contribution in [-0.2, 0) is 88.5 Å². The summed E-state index contributed by atoms with van der Waals surface area (Å²) in [4.78, 5) is 89.9. The lowest BCUT2D eigenvalue weighted by Gasteiger charge is -2.15.